The number of phenols is 1. The maximum absolute atomic E-state index is 12.8. The highest BCUT2D eigenvalue weighted by atomic mass is 32.2. The monoisotopic (exact) mass is 228 g/mol. The molecule has 0 bridgehead atoms. The summed E-state index contributed by atoms with van der Waals surface area (Å²) >= 11 is 1.47. The molecule has 0 aromatic heterocycles. The first-order chi connectivity index (χ1) is 7.00. The third-order valence-corrected chi connectivity index (χ3v) is 2.90. The van der Waals surface area contributed by atoms with Gasteiger partial charge in [-0.25, -0.2) is 4.39 Å². The van der Waals surface area contributed by atoms with Crippen molar-refractivity contribution in [2.45, 2.75) is 19.1 Å². The molecule has 2 nitrogen and oxygen atoms in total. The van der Waals surface area contributed by atoms with Crippen molar-refractivity contribution in [3.05, 3.63) is 29.6 Å². The molecule has 1 N–H and O–H groups in total. The molecular formula is C11H13FO2S. The van der Waals surface area contributed by atoms with Crippen LogP contribution in [0.25, 0.3) is 0 Å². The van der Waals surface area contributed by atoms with Crippen LogP contribution in [-0.4, -0.2) is 21.9 Å². The molecule has 0 saturated carbocycles. The number of benzene rings is 1. The van der Waals surface area contributed by atoms with E-state index in [0.29, 0.717) is 5.25 Å². The second-order valence-electron chi connectivity index (χ2n) is 3.44. The summed E-state index contributed by atoms with van der Waals surface area (Å²) in [5.74, 6) is -0.656. The maximum Gasteiger partial charge on any atom is 0.176 e. The summed E-state index contributed by atoms with van der Waals surface area (Å²) in [4.78, 5) is 11.6. The van der Waals surface area contributed by atoms with Crippen LogP contribution in [0.1, 0.15) is 24.2 Å². The number of aromatic hydroxyl groups is 1. The Hall–Kier alpha value is -1.03. The van der Waals surface area contributed by atoms with Gasteiger partial charge in [0.15, 0.2) is 5.78 Å². The van der Waals surface area contributed by atoms with Crippen molar-refractivity contribution < 1.29 is 14.3 Å². The predicted octanol–water partition coefficient (Wildman–Crippen LogP) is 2.86. The molecule has 1 aromatic rings. The Morgan fingerprint density at radius 3 is 2.80 bits per heavy atom. The first-order valence-electron chi connectivity index (χ1n) is 4.64. The lowest BCUT2D eigenvalue weighted by molar-refractivity contribution is 0.101. The fourth-order valence-corrected chi connectivity index (χ4v) is 1.69. The van der Waals surface area contributed by atoms with E-state index in [4.69, 9.17) is 0 Å². The lowest BCUT2D eigenvalue weighted by atomic mass is 10.1. The van der Waals surface area contributed by atoms with Crippen LogP contribution in [0, 0.1) is 5.82 Å². The van der Waals surface area contributed by atoms with Crippen LogP contribution >= 0.6 is 11.8 Å². The fraction of sp³-hybridized carbons (Fsp3) is 0.364. The van der Waals surface area contributed by atoms with E-state index in [9.17, 15) is 14.3 Å². The lowest BCUT2D eigenvalue weighted by Gasteiger charge is -2.05. The summed E-state index contributed by atoms with van der Waals surface area (Å²) in [6, 6.07) is 3.39. The van der Waals surface area contributed by atoms with E-state index in [1.807, 2.05) is 13.8 Å². The second-order valence-corrected chi connectivity index (χ2v) is 5.01. The summed E-state index contributed by atoms with van der Waals surface area (Å²) in [5, 5.41) is 9.71. The Kier molecular flexibility index (Phi) is 4.15. The van der Waals surface area contributed by atoms with Crippen molar-refractivity contribution in [2.24, 2.45) is 0 Å². The molecular weight excluding hydrogens is 215 g/mol. The largest absolute Gasteiger partial charge is 0.507 e. The topological polar surface area (TPSA) is 37.3 Å². The van der Waals surface area contributed by atoms with Gasteiger partial charge in [-0.05, 0) is 23.4 Å². The zero-order valence-electron chi connectivity index (χ0n) is 8.66. The van der Waals surface area contributed by atoms with Crippen molar-refractivity contribution in [3.63, 3.8) is 0 Å². The SMILES string of the molecule is CC(C)SCC(=O)c1cc(F)ccc1O. The molecule has 0 aliphatic carbocycles. The molecule has 0 unspecified atom stereocenters. The summed E-state index contributed by atoms with van der Waals surface area (Å²) in [5.41, 5.74) is 0.0585. The molecule has 15 heavy (non-hydrogen) atoms. The van der Waals surface area contributed by atoms with Crippen molar-refractivity contribution in [2.75, 3.05) is 5.75 Å². The quantitative estimate of drug-likeness (QED) is 0.805. The highest BCUT2D eigenvalue weighted by Gasteiger charge is 2.12. The Labute approximate surface area is 92.5 Å². The van der Waals surface area contributed by atoms with Gasteiger partial charge in [-0.3, -0.25) is 4.79 Å². The normalized spacial score (nSPS) is 10.7. The van der Waals surface area contributed by atoms with Crippen LogP contribution in [0.3, 0.4) is 0 Å². The van der Waals surface area contributed by atoms with Gasteiger partial charge in [-0.15, -0.1) is 0 Å². The van der Waals surface area contributed by atoms with E-state index in [0.717, 1.165) is 12.1 Å². The number of phenolic OH excluding ortho intramolecular Hbond substituents is 1. The predicted molar refractivity (Wildman–Crippen MR) is 60.0 cm³/mol. The molecule has 1 rings (SSSR count). The summed E-state index contributed by atoms with van der Waals surface area (Å²) in [6.07, 6.45) is 0. The van der Waals surface area contributed by atoms with Crippen molar-refractivity contribution >= 4 is 17.5 Å². The fourth-order valence-electron chi connectivity index (χ4n) is 1.05. The number of carbonyl (C=O) groups is 1. The Bertz CT molecular complexity index is 364. The third-order valence-electron chi connectivity index (χ3n) is 1.81. The highest BCUT2D eigenvalue weighted by molar-refractivity contribution is 8.00. The Morgan fingerprint density at radius 1 is 1.53 bits per heavy atom. The number of Topliss-reactive ketones (excluding diaryl/α,β-unsaturated/α-hetero) is 1. The van der Waals surface area contributed by atoms with Crippen LogP contribution < -0.4 is 0 Å². The van der Waals surface area contributed by atoms with Gasteiger partial charge in [-0.1, -0.05) is 13.8 Å². The molecule has 0 amide bonds. The first kappa shape index (κ1) is 12.0. The number of rotatable bonds is 4. The summed E-state index contributed by atoms with van der Waals surface area (Å²) in [6.45, 7) is 3.95. The molecule has 0 aliphatic rings. The average molecular weight is 228 g/mol. The van der Waals surface area contributed by atoms with Crippen LogP contribution in [0.5, 0.6) is 5.75 Å². The minimum Gasteiger partial charge on any atom is -0.507 e. The maximum atomic E-state index is 12.8. The Morgan fingerprint density at radius 2 is 2.20 bits per heavy atom. The number of thioether (sulfide) groups is 1. The van der Waals surface area contributed by atoms with Gasteiger partial charge >= 0.3 is 0 Å². The molecule has 0 atom stereocenters. The van der Waals surface area contributed by atoms with E-state index in [2.05, 4.69) is 0 Å². The first-order valence-corrected chi connectivity index (χ1v) is 5.69. The number of hydrogen-bond donors (Lipinski definition) is 1. The number of halogens is 1. The molecule has 82 valence electrons. The molecule has 4 heteroatoms. The highest BCUT2D eigenvalue weighted by Crippen LogP contribution is 2.21. The van der Waals surface area contributed by atoms with Gasteiger partial charge in [-0.2, -0.15) is 11.8 Å². The molecule has 0 spiro atoms. The van der Waals surface area contributed by atoms with Gasteiger partial charge in [0.25, 0.3) is 0 Å². The number of ketones is 1. The minimum atomic E-state index is -0.509. The standard InChI is InChI=1S/C11H13FO2S/c1-7(2)15-6-11(14)9-5-8(12)3-4-10(9)13/h3-5,7,13H,6H2,1-2H3. The van der Waals surface area contributed by atoms with Gasteiger partial charge in [0.1, 0.15) is 11.6 Å². The molecule has 0 fully saturated rings. The van der Waals surface area contributed by atoms with E-state index in [1.54, 1.807) is 0 Å². The molecule has 1 aromatic carbocycles. The van der Waals surface area contributed by atoms with Crippen molar-refractivity contribution in [1.29, 1.82) is 0 Å². The van der Waals surface area contributed by atoms with Gasteiger partial charge in [0, 0.05) is 0 Å². The zero-order valence-corrected chi connectivity index (χ0v) is 9.47. The second kappa shape index (κ2) is 5.16. The van der Waals surface area contributed by atoms with Crippen LogP contribution in [0.4, 0.5) is 4.39 Å². The average Bonchev–Trinajstić information content (AvgIpc) is 2.18. The van der Waals surface area contributed by atoms with Crippen molar-refractivity contribution in [1.82, 2.24) is 0 Å². The van der Waals surface area contributed by atoms with E-state index in [1.165, 1.54) is 17.8 Å². The third kappa shape index (κ3) is 3.55. The van der Waals surface area contributed by atoms with Gasteiger partial charge < -0.3 is 5.11 Å². The van der Waals surface area contributed by atoms with E-state index < -0.39 is 5.82 Å². The van der Waals surface area contributed by atoms with Gasteiger partial charge in [0.05, 0.1) is 11.3 Å². The van der Waals surface area contributed by atoms with E-state index in [-0.39, 0.29) is 22.8 Å². The van der Waals surface area contributed by atoms with Crippen LogP contribution in [0.2, 0.25) is 0 Å². The molecule has 0 radical (unpaired) electrons. The van der Waals surface area contributed by atoms with Crippen LogP contribution in [-0.2, 0) is 0 Å². The van der Waals surface area contributed by atoms with Crippen LogP contribution in [0.15, 0.2) is 18.2 Å². The molecule has 0 heterocycles. The Balaban J connectivity index is 2.77. The van der Waals surface area contributed by atoms with Gasteiger partial charge in [0.2, 0.25) is 0 Å². The smallest absolute Gasteiger partial charge is 0.176 e. The van der Waals surface area contributed by atoms with E-state index >= 15 is 0 Å². The lowest BCUT2D eigenvalue weighted by Crippen LogP contribution is -2.05. The molecule has 0 aliphatic heterocycles. The zero-order chi connectivity index (χ0) is 11.4. The number of hydrogen-bond acceptors (Lipinski definition) is 3. The number of carbonyl (C=O) groups excluding carboxylic acids is 1. The summed E-state index contributed by atoms with van der Waals surface area (Å²) < 4.78 is 12.8. The van der Waals surface area contributed by atoms with Crippen molar-refractivity contribution in [3.8, 4) is 5.75 Å². The minimum absolute atomic E-state index is 0.0585. The molecule has 0 saturated heterocycles. The summed E-state index contributed by atoms with van der Waals surface area (Å²) in [7, 11) is 0.